The van der Waals surface area contributed by atoms with Gasteiger partial charge in [0.15, 0.2) is 5.13 Å². The molecule has 33 heavy (non-hydrogen) atoms. The van der Waals surface area contributed by atoms with Crippen LogP contribution in [-0.2, 0) is 14.8 Å². The van der Waals surface area contributed by atoms with Gasteiger partial charge >= 0.3 is 0 Å². The molecule has 1 fully saturated rings. The summed E-state index contributed by atoms with van der Waals surface area (Å²) in [4.78, 5) is 27.2. The van der Waals surface area contributed by atoms with Gasteiger partial charge in [0, 0.05) is 42.1 Å². The Morgan fingerprint density at radius 3 is 2.55 bits per heavy atom. The van der Waals surface area contributed by atoms with Crippen molar-refractivity contribution in [1.82, 2.24) is 9.29 Å². The molecule has 2 aromatic carbocycles. The number of piperidine rings is 1. The second-order valence-corrected chi connectivity index (χ2v) is 10.6. The summed E-state index contributed by atoms with van der Waals surface area (Å²) in [6, 6.07) is 12.9. The summed E-state index contributed by atoms with van der Waals surface area (Å²) in [6.45, 7) is 0.207. The minimum absolute atomic E-state index is 0.0848. The zero-order valence-electron chi connectivity index (χ0n) is 17.2. The summed E-state index contributed by atoms with van der Waals surface area (Å²) in [5.41, 5.74) is 1.36. The normalized spacial score (nSPS) is 15.3. The van der Waals surface area contributed by atoms with Gasteiger partial charge in [-0.15, -0.1) is 11.3 Å². The number of sulfonamides is 1. The number of anilines is 1. The number of halogens is 1. The molecule has 0 atom stereocenters. The highest BCUT2D eigenvalue weighted by Crippen LogP contribution is 2.32. The van der Waals surface area contributed by atoms with Gasteiger partial charge < -0.3 is 5.32 Å². The first-order valence-corrected chi connectivity index (χ1v) is 12.7. The molecule has 1 aliphatic rings. The zero-order valence-corrected chi connectivity index (χ0v) is 19.6. The third-order valence-corrected chi connectivity index (χ3v) is 8.51. The Morgan fingerprint density at radius 2 is 1.88 bits per heavy atom. The number of thiazole rings is 1. The first kappa shape index (κ1) is 23.3. The maximum Gasteiger partial charge on any atom is 0.270 e. The Morgan fingerprint density at radius 1 is 1.18 bits per heavy atom. The molecule has 2 heterocycles. The molecular formula is C21H19ClN4O5S2. The average molecular weight is 507 g/mol. The molecule has 4 rings (SSSR count). The lowest BCUT2D eigenvalue weighted by Gasteiger charge is -2.30. The maximum absolute atomic E-state index is 13.0. The van der Waals surface area contributed by atoms with Crippen molar-refractivity contribution in [2.45, 2.75) is 17.7 Å². The number of hydrogen-bond acceptors (Lipinski definition) is 7. The van der Waals surface area contributed by atoms with E-state index in [4.69, 9.17) is 11.6 Å². The molecule has 0 radical (unpaired) electrons. The van der Waals surface area contributed by atoms with Gasteiger partial charge in [0.2, 0.25) is 15.9 Å². The van der Waals surface area contributed by atoms with E-state index in [1.807, 2.05) is 35.7 Å². The van der Waals surface area contributed by atoms with Crippen LogP contribution in [-0.4, -0.2) is 41.6 Å². The highest BCUT2D eigenvalue weighted by molar-refractivity contribution is 7.89. The van der Waals surface area contributed by atoms with Crippen molar-refractivity contribution in [2.75, 3.05) is 18.4 Å². The van der Waals surface area contributed by atoms with Gasteiger partial charge in [-0.25, -0.2) is 13.4 Å². The molecule has 3 aromatic rings. The molecule has 9 nitrogen and oxygen atoms in total. The van der Waals surface area contributed by atoms with Gasteiger partial charge in [-0.1, -0.05) is 41.9 Å². The Balaban J connectivity index is 1.40. The van der Waals surface area contributed by atoms with Crippen molar-refractivity contribution >= 4 is 49.7 Å². The topological polar surface area (TPSA) is 123 Å². The fourth-order valence-corrected chi connectivity index (χ4v) is 6.27. The lowest BCUT2D eigenvalue weighted by atomic mass is 9.97. The first-order chi connectivity index (χ1) is 15.8. The van der Waals surface area contributed by atoms with Crippen molar-refractivity contribution < 1.29 is 18.1 Å². The number of rotatable bonds is 6. The fraction of sp³-hybridized carbons (Fsp3) is 0.238. The summed E-state index contributed by atoms with van der Waals surface area (Å²) < 4.78 is 27.2. The second-order valence-electron chi connectivity index (χ2n) is 7.44. The number of hydrogen-bond donors (Lipinski definition) is 1. The molecule has 1 aromatic heterocycles. The SMILES string of the molecule is O=C(Nc1nc(-c2ccccc2)cs1)C1CCN(S(=O)(=O)c2cc([N+](=O)[O-])ccc2Cl)CC1. The number of carbonyl (C=O) groups is 1. The van der Waals surface area contributed by atoms with Crippen LogP contribution in [0.1, 0.15) is 12.8 Å². The number of nitro benzene ring substituents is 1. The van der Waals surface area contributed by atoms with Gasteiger partial charge in [-0.3, -0.25) is 14.9 Å². The van der Waals surface area contributed by atoms with E-state index in [2.05, 4.69) is 10.3 Å². The third-order valence-electron chi connectivity index (χ3n) is 5.37. The van der Waals surface area contributed by atoms with Crippen LogP contribution < -0.4 is 5.32 Å². The molecular weight excluding hydrogens is 488 g/mol. The highest BCUT2D eigenvalue weighted by atomic mass is 35.5. The van der Waals surface area contributed by atoms with Gasteiger partial charge in [-0.05, 0) is 18.9 Å². The van der Waals surface area contributed by atoms with E-state index in [0.717, 1.165) is 23.4 Å². The third kappa shape index (κ3) is 5.06. The Bertz CT molecular complexity index is 1290. The largest absolute Gasteiger partial charge is 0.302 e. The number of aromatic nitrogens is 1. The van der Waals surface area contributed by atoms with Gasteiger partial charge in [0.25, 0.3) is 5.69 Å². The Labute approximate surface area is 199 Å². The van der Waals surface area contributed by atoms with E-state index >= 15 is 0 Å². The van der Waals surface area contributed by atoms with E-state index < -0.39 is 14.9 Å². The minimum Gasteiger partial charge on any atom is -0.302 e. The molecule has 0 unspecified atom stereocenters. The number of nitrogens with zero attached hydrogens (tertiary/aromatic N) is 3. The van der Waals surface area contributed by atoms with E-state index in [1.165, 1.54) is 21.7 Å². The molecule has 0 bridgehead atoms. The number of nitrogens with one attached hydrogen (secondary N) is 1. The van der Waals surface area contributed by atoms with Crippen LogP contribution in [0.3, 0.4) is 0 Å². The minimum atomic E-state index is -4.03. The second kappa shape index (κ2) is 9.56. The molecule has 1 amide bonds. The Hall–Kier alpha value is -2.86. The number of nitro groups is 1. The number of benzene rings is 2. The van der Waals surface area contributed by atoms with Gasteiger partial charge in [0.05, 0.1) is 15.6 Å². The molecule has 1 saturated heterocycles. The summed E-state index contributed by atoms with van der Waals surface area (Å²) in [6.07, 6.45) is 0.628. The molecule has 1 N–H and O–H groups in total. The molecule has 0 aliphatic carbocycles. The van der Waals surface area contributed by atoms with E-state index in [9.17, 15) is 23.3 Å². The standard InChI is InChI=1S/C21H19ClN4O5S2/c22-17-7-6-16(26(28)29)12-19(17)33(30,31)25-10-8-15(9-11-25)20(27)24-21-23-18(13-32-21)14-4-2-1-3-5-14/h1-7,12-13,15H,8-11H2,(H,23,24,27). The number of non-ortho nitro benzene ring substituents is 1. The molecule has 172 valence electrons. The smallest absolute Gasteiger partial charge is 0.270 e. The van der Waals surface area contributed by atoms with Crippen molar-refractivity contribution in [3.05, 3.63) is 69.0 Å². The van der Waals surface area contributed by atoms with Gasteiger partial charge in [0.1, 0.15) is 4.90 Å². The van der Waals surface area contributed by atoms with Crippen LogP contribution in [0.5, 0.6) is 0 Å². The molecule has 12 heteroatoms. The van der Waals surface area contributed by atoms with Crippen molar-refractivity contribution in [3.8, 4) is 11.3 Å². The molecule has 1 aliphatic heterocycles. The fourth-order valence-electron chi connectivity index (χ4n) is 3.58. The predicted molar refractivity (Wildman–Crippen MR) is 126 cm³/mol. The lowest BCUT2D eigenvalue weighted by Crippen LogP contribution is -2.41. The average Bonchev–Trinajstić information content (AvgIpc) is 3.28. The summed E-state index contributed by atoms with van der Waals surface area (Å²) in [7, 11) is -4.03. The lowest BCUT2D eigenvalue weighted by molar-refractivity contribution is -0.385. The Kier molecular flexibility index (Phi) is 6.75. The van der Waals surface area contributed by atoms with Crippen LogP contribution in [0.15, 0.2) is 58.8 Å². The number of carbonyl (C=O) groups excluding carboxylic acids is 1. The first-order valence-electron chi connectivity index (χ1n) is 10.0. The van der Waals surface area contributed by atoms with Crippen molar-refractivity contribution in [3.63, 3.8) is 0 Å². The highest BCUT2D eigenvalue weighted by Gasteiger charge is 2.34. The van der Waals surface area contributed by atoms with Crippen LogP contribution in [0.4, 0.5) is 10.8 Å². The van der Waals surface area contributed by atoms with E-state index in [-0.39, 0.29) is 40.5 Å². The van der Waals surface area contributed by atoms with E-state index in [0.29, 0.717) is 18.0 Å². The molecule has 0 saturated carbocycles. The van der Waals surface area contributed by atoms with Crippen LogP contribution in [0, 0.1) is 16.0 Å². The quantitative estimate of drug-likeness (QED) is 0.390. The summed E-state index contributed by atoms with van der Waals surface area (Å²) in [5.74, 6) is -0.588. The predicted octanol–water partition coefficient (Wildman–Crippen LogP) is 4.41. The zero-order chi connectivity index (χ0) is 23.6. The summed E-state index contributed by atoms with van der Waals surface area (Å²) in [5, 5.41) is 16.1. The van der Waals surface area contributed by atoms with Crippen molar-refractivity contribution in [2.24, 2.45) is 5.92 Å². The maximum atomic E-state index is 13.0. The summed E-state index contributed by atoms with van der Waals surface area (Å²) >= 11 is 7.35. The van der Waals surface area contributed by atoms with Gasteiger partial charge in [-0.2, -0.15) is 4.31 Å². The van der Waals surface area contributed by atoms with Crippen LogP contribution in [0.25, 0.3) is 11.3 Å². The van der Waals surface area contributed by atoms with Crippen LogP contribution >= 0.6 is 22.9 Å². The molecule has 0 spiro atoms. The van der Waals surface area contributed by atoms with E-state index in [1.54, 1.807) is 0 Å². The van der Waals surface area contributed by atoms with Crippen molar-refractivity contribution in [1.29, 1.82) is 0 Å². The number of amides is 1. The van der Waals surface area contributed by atoms with Crippen LogP contribution in [0.2, 0.25) is 5.02 Å². The monoisotopic (exact) mass is 506 g/mol.